The molecule has 6 rings (SSSR count). The van der Waals surface area contributed by atoms with Gasteiger partial charge in [0.05, 0.1) is 5.52 Å². The minimum absolute atomic E-state index is 0.0629. The van der Waals surface area contributed by atoms with E-state index >= 15 is 0 Å². The van der Waals surface area contributed by atoms with Gasteiger partial charge in [-0.1, -0.05) is 61.7 Å². The van der Waals surface area contributed by atoms with Crippen molar-refractivity contribution in [1.82, 2.24) is 19.7 Å². The second-order valence-electron chi connectivity index (χ2n) is 10.6. The number of aromatic nitrogens is 1. The molecule has 3 fully saturated rings. The lowest BCUT2D eigenvalue weighted by molar-refractivity contribution is -0.160. The third-order valence-electron chi connectivity index (χ3n) is 8.21. The molecule has 2 saturated heterocycles. The SMILES string of the molecule is O=C1C2CN(Cc3ccc4cccnc4c3)CCN2C(=O)CN1Cc1ccc(C2CCCCC2)cc1. The van der Waals surface area contributed by atoms with Crippen LogP contribution in [-0.2, 0) is 22.7 Å². The molecule has 2 aromatic carbocycles. The van der Waals surface area contributed by atoms with Gasteiger partial charge in [0, 0.05) is 44.3 Å². The van der Waals surface area contributed by atoms with Gasteiger partial charge in [-0.15, -0.1) is 0 Å². The molecule has 1 saturated carbocycles. The lowest BCUT2D eigenvalue weighted by atomic mass is 9.84. The molecule has 1 unspecified atom stereocenters. The largest absolute Gasteiger partial charge is 0.327 e. The minimum atomic E-state index is -0.403. The van der Waals surface area contributed by atoms with Gasteiger partial charge in [-0.25, -0.2) is 0 Å². The number of carbonyl (C=O) groups is 2. The second kappa shape index (κ2) is 10.0. The fourth-order valence-electron chi connectivity index (χ4n) is 6.19. The van der Waals surface area contributed by atoms with Crippen LogP contribution in [0.1, 0.15) is 54.7 Å². The van der Waals surface area contributed by atoms with E-state index in [9.17, 15) is 9.59 Å². The highest BCUT2D eigenvalue weighted by Gasteiger charge is 2.42. The molecule has 36 heavy (non-hydrogen) atoms. The fourth-order valence-corrected chi connectivity index (χ4v) is 6.19. The predicted octanol–water partition coefficient (Wildman–Crippen LogP) is 4.34. The molecule has 6 heteroatoms. The molecule has 3 aliphatic rings. The summed E-state index contributed by atoms with van der Waals surface area (Å²) >= 11 is 0. The van der Waals surface area contributed by atoms with Gasteiger partial charge >= 0.3 is 0 Å². The summed E-state index contributed by atoms with van der Waals surface area (Å²) in [6.45, 7) is 3.37. The predicted molar refractivity (Wildman–Crippen MR) is 140 cm³/mol. The molecule has 0 N–H and O–H groups in total. The van der Waals surface area contributed by atoms with Crippen molar-refractivity contribution >= 4 is 22.7 Å². The van der Waals surface area contributed by atoms with Crippen molar-refractivity contribution in [3.63, 3.8) is 0 Å². The lowest BCUT2D eigenvalue weighted by Gasteiger charge is -2.46. The summed E-state index contributed by atoms with van der Waals surface area (Å²) in [6, 6.07) is 18.7. The van der Waals surface area contributed by atoms with E-state index in [1.54, 1.807) is 9.80 Å². The van der Waals surface area contributed by atoms with Crippen molar-refractivity contribution in [3.05, 3.63) is 77.5 Å². The molecule has 0 bridgehead atoms. The quantitative estimate of drug-likeness (QED) is 0.543. The zero-order valence-corrected chi connectivity index (χ0v) is 20.8. The van der Waals surface area contributed by atoms with Gasteiger partial charge in [0.1, 0.15) is 12.6 Å². The first-order valence-corrected chi connectivity index (χ1v) is 13.4. The number of hydrogen-bond donors (Lipinski definition) is 0. The number of benzene rings is 2. The number of rotatable bonds is 5. The number of carbonyl (C=O) groups excluding carboxylic acids is 2. The lowest BCUT2D eigenvalue weighted by Crippen LogP contribution is -2.66. The highest BCUT2D eigenvalue weighted by atomic mass is 16.2. The standard InChI is InChI=1S/C30H34N4O2/c35-29-21-33(19-22-8-11-25(12-9-22)24-5-2-1-3-6-24)30(36)28-20-32(15-16-34(28)29)18-23-10-13-26-7-4-14-31-27(26)17-23/h4,7-14,17,24,28H,1-3,5-6,15-16,18-21H2. The Hall–Kier alpha value is -3.25. The van der Waals surface area contributed by atoms with Crippen molar-refractivity contribution in [2.75, 3.05) is 26.2 Å². The third-order valence-corrected chi connectivity index (χ3v) is 8.21. The fraction of sp³-hybridized carbons (Fsp3) is 0.433. The molecule has 1 aromatic heterocycles. The van der Waals surface area contributed by atoms with Crippen LogP contribution in [0.5, 0.6) is 0 Å². The van der Waals surface area contributed by atoms with Crippen molar-refractivity contribution in [1.29, 1.82) is 0 Å². The summed E-state index contributed by atoms with van der Waals surface area (Å²) in [4.78, 5) is 36.8. The highest BCUT2D eigenvalue weighted by molar-refractivity contribution is 5.95. The molecule has 3 aromatic rings. The van der Waals surface area contributed by atoms with Gasteiger partial charge in [0.2, 0.25) is 11.8 Å². The van der Waals surface area contributed by atoms with Crippen LogP contribution < -0.4 is 0 Å². The topological polar surface area (TPSA) is 56.8 Å². The van der Waals surface area contributed by atoms with E-state index in [1.165, 1.54) is 43.2 Å². The van der Waals surface area contributed by atoms with Gasteiger partial charge in [-0.2, -0.15) is 0 Å². The number of amides is 2. The Morgan fingerprint density at radius 3 is 2.50 bits per heavy atom. The van der Waals surface area contributed by atoms with E-state index in [4.69, 9.17) is 0 Å². The number of pyridine rings is 1. The Morgan fingerprint density at radius 2 is 1.67 bits per heavy atom. The van der Waals surface area contributed by atoms with Gasteiger partial charge in [0.25, 0.3) is 0 Å². The van der Waals surface area contributed by atoms with Crippen LogP contribution >= 0.6 is 0 Å². The molecule has 0 radical (unpaired) electrons. The number of piperazine rings is 2. The Labute approximate surface area is 212 Å². The number of fused-ring (bicyclic) bond motifs is 2. The maximum atomic E-state index is 13.5. The molecule has 0 spiro atoms. The molecule has 2 amide bonds. The first-order chi connectivity index (χ1) is 17.6. The highest BCUT2D eigenvalue weighted by Crippen LogP contribution is 2.32. The van der Waals surface area contributed by atoms with Crippen LogP contribution in [0.15, 0.2) is 60.8 Å². The zero-order chi connectivity index (χ0) is 24.5. The van der Waals surface area contributed by atoms with Crippen LogP contribution in [0, 0.1) is 0 Å². The summed E-state index contributed by atoms with van der Waals surface area (Å²) in [5.41, 5.74) is 4.68. The van der Waals surface area contributed by atoms with Crippen molar-refractivity contribution in [2.24, 2.45) is 0 Å². The van der Waals surface area contributed by atoms with E-state index in [0.29, 0.717) is 25.6 Å². The smallest absolute Gasteiger partial charge is 0.247 e. The average Bonchev–Trinajstić information content (AvgIpc) is 2.92. The summed E-state index contributed by atoms with van der Waals surface area (Å²) in [5, 5.41) is 1.13. The first kappa shape index (κ1) is 23.2. The molecule has 2 aliphatic heterocycles. The van der Waals surface area contributed by atoms with E-state index < -0.39 is 6.04 Å². The number of nitrogens with zero attached hydrogens (tertiary/aromatic N) is 4. The summed E-state index contributed by atoms with van der Waals surface area (Å²) in [6.07, 6.45) is 8.38. The third kappa shape index (κ3) is 4.74. The average molecular weight is 483 g/mol. The van der Waals surface area contributed by atoms with E-state index in [0.717, 1.165) is 29.6 Å². The normalized spacial score (nSPS) is 21.7. The second-order valence-corrected chi connectivity index (χ2v) is 10.6. The van der Waals surface area contributed by atoms with Crippen LogP contribution in [0.25, 0.3) is 10.9 Å². The van der Waals surface area contributed by atoms with Gasteiger partial charge in [-0.3, -0.25) is 19.5 Å². The summed E-state index contributed by atoms with van der Waals surface area (Å²) in [7, 11) is 0. The molecular weight excluding hydrogens is 448 g/mol. The zero-order valence-electron chi connectivity index (χ0n) is 20.8. The molecular formula is C30H34N4O2. The van der Waals surface area contributed by atoms with Crippen molar-refractivity contribution in [2.45, 2.75) is 57.2 Å². The van der Waals surface area contributed by atoms with Crippen LogP contribution in [0.2, 0.25) is 0 Å². The Balaban J connectivity index is 1.12. The van der Waals surface area contributed by atoms with Crippen LogP contribution in [-0.4, -0.2) is 63.7 Å². The molecule has 3 heterocycles. The Bertz CT molecular complexity index is 1250. The van der Waals surface area contributed by atoms with E-state index in [-0.39, 0.29) is 18.4 Å². The minimum Gasteiger partial charge on any atom is -0.327 e. The van der Waals surface area contributed by atoms with Crippen LogP contribution in [0.4, 0.5) is 0 Å². The van der Waals surface area contributed by atoms with Gasteiger partial charge in [0.15, 0.2) is 0 Å². The maximum Gasteiger partial charge on any atom is 0.247 e. The van der Waals surface area contributed by atoms with Gasteiger partial charge < -0.3 is 9.80 Å². The molecule has 1 aliphatic carbocycles. The monoisotopic (exact) mass is 482 g/mol. The molecule has 1 atom stereocenters. The summed E-state index contributed by atoms with van der Waals surface area (Å²) in [5.74, 6) is 0.801. The first-order valence-electron chi connectivity index (χ1n) is 13.4. The maximum absolute atomic E-state index is 13.5. The van der Waals surface area contributed by atoms with E-state index in [2.05, 4.69) is 58.4 Å². The van der Waals surface area contributed by atoms with Gasteiger partial charge in [-0.05, 0) is 47.6 Å². The number of hydrogen-bond acceptors (Lipinski definition) is 4. The summed E-state index contributed by atoms with van der Waals surface area (Å²) < 4.78 is 0. The van der Waals surface area contributed by atoms with Crippen molar-refractivity contribution < 1.29 is 9.59 Å². The Morgan fingerprint density at radius 1 is 0.861 bits per heavy atom. The Kier molecular flexibility index (Phi) is 6.45. The van der Waals surface area contributed by atoms with Crippen LogP contribution in [0.3, 0.4) is 0 Å². The molecule has 6 nitrogen and oxygen atoms in total. The van der Waals surface area contributed by atoms with Crippen molar-refractivity contribution in [3.8, 4) is 0 Å². The molecule has 186 valence electrons. The van der Waals surface area contributed by atoms with E-state index in [1.807, 2.05) is 12.3 Å².